The SMILES string of the molecule is CCOc1nc2ccccc2nc1C(=O)Nc1ccc(OC)c(OC)c1. The van der Waals surface area contributed by atoms with Crippen LogP contribution in [0.25, 0.3) is 11.0 Å². The number of rotatable bonds is 6. The lowest BCUT2D eigenvalue weighted by Gasteiger charge is -2.12. The van der Waals surface area contributed by atoms with E-state index in [0.29, 0.717) is 34.8 Å². The molecule has 0 saturated carbocycles. The number of amides is 1. The largest absolute Gasteiger partial charge is 0.493 e. The van der Waals surface area contributed by atoms with Gasteiger partial charge >= 0.3 is 0 Å². The Labute approximate surface area is 150 Å². The maximum atomic E-state index is 12.7. The molecule has 3 rings (SSSR count). The van der Waals surface area contributed by atoms with E-state index in [2.05, 4.69) is 15.3 Å². The van der Waals surface area contributed by atoms with Gasteiger partial charge < -0.3 is 19.5 Å². The van der Waals surface area contributed by atoms with Crippen LogP contribution in [0.3, 0.4) is 0 Å². The summed E-state index contributed by atoms with van der Waals surface area (Å²) in [7, 11) is 3.08. The van der Waals surface area contributed by atoms with Crippen molar-refractivity contribution in [3.8, 4) is 17.4 Å². The third kappa shape index (κ3) is 3.51. The van der Waals surface area contributed by atoms with Crippen LogP contribution in [0.2, 0.25) is 0 Å². The smallest absolute Gasteiger partial charge is 0.279 e. The van der Waals surface area contributed by atoms with Gasteiger partial charge in [-0.15, -0.1) is 0 Å². The predicted octanol–water partition coefficient (Wildman–Crippen LogP) is 3.30. The van der Waals surface area contributed by atoms with Crippen LogP contribution in [-0.2, 0) is 0 Å². The van der Waals surface area contributed by atoms with Crippen molar-refractivity contribution in [1.29, 1.82) is 0 Å². The summed E-state index contributed by atoms with van der Waals surface area (Å²) in [5.74, 6) is 0.869. The van der Waals surface area contributed by atoms with E-state index in [0.717, 1.165) is 0 Å². The molecular formula is C19H19N3O4. The fourth-order valence-electron chi connectivity index (χ4n) is 2.47. The van der Waals surface area contributed by atoms with Gasteiger partial charge in [0, 0.05) is 11.8 Å². The summed E-state index contributed by atoms with van der Waals surface area (Å²) in [6.07, 6.45) is 0. The van der Waals surface area contributed by atoms with Crippen LogP contribution in [0.4, 0.5) is 5.69 Å². The molecule has 0 unspecified atom stereocenters. The number of hydrogen-bond donors (Lipinski definition) is 1. The third-order valence-corrected chi connectivity index (χ3v) is 3.68. The Morgan fingerprint density at radius 2 is 1.69 bits per heavy atom. The molecule has 0 radical (unpaired) electrons. The summed E-state index contributed by atoms with van der Waals surface area (Å²) < 4.78 is 16.0. The molecule has 26 heavy (non-hydrogen) atoms. The van der Waals surface area contributed by atoms with Gasteiger partial charge in [-0.2, -0.15) is 0 Å². The Bertz CT molecular complexity index is 943. The van der Waals surface area contributed by atoms with Crippen LogP contribution in [-0.4, -0.2) is 36.7 Å². The minimum absolute atomic E-state index is 0.125. The Balaban J connectivity index is 1.95. The highest BCUT2D eigenvalue weighted by atomic mass is 16.5. The van der Waals surface area contributed by atoms with E-state index >= 15 is 0 Å². The molecule has 2 aromatic carbocycles. The maximum absolute atomic E-state index is 12.7. The summed E-state index contributed by atoms with van der Waals surface area (Å²) in [5.41, 5.74) is 1.96. The summed E-state index contributed by atoms with van der Waals surface area (Å²) in [5, 5.41) is 2.79. The molecule has 1 heterocycles. The fourth-order valence-corrected chi connectivity index (χ4v) is 2.47. The van der Waals surface area contributed by atoms with Gasteiger partial charge in [-0.3, -0.25) is 4.79 Å². The zero-order valence-electron chi connectivity index (χ0n) is 14.8. The summed E-state index contributed by atoms with van der Waals surface area (Å²) in [4.78, 5) is 21.6. The minimum Gasteiger partial charge on any atom is -0.493 e. The number of anilines is 1. The van der Waals surface area contributed by atoms with Crippen LogP contribution >= 0.6 is 0 Å². The maximum Gasteiger partial charge on any atom is 0.279 e. The van der Waals surface area contributed by atoms with E-state index in [9.17, 15) is 4.79 Å². The van der Waals surface area contributed by atoms with E-state index in [1.54, 1.807) is 31.4 Å². The topological polar surface area (TPSA) is 82.6 Å². The van der Waals surface area contributed by atoms with Gasteiger partial charge in [0.05, 0.1) is 31.9 Å². The number of para-hydroxylation sites is 2. The van der Waals surface area contributed by atoms with E-state index < -0.39 is 5.91 Å². The number of ether oxygens (including phenoxy) is 3. The number of carbonyl (C=O) groups is 1. The first-order chi connectivity index (χ1) is 12.7. The van der Waals surface area contributed by atoms with Gasteiger partial charge in [-0.25, -0.2) is 9.97 Å². The molecule has 1 amide bonds. The highest BCUT2D eigenvalue weighted by molar-refractivity contribution is 6.05. The number of aromatic nitrogens is 2. The van der Waals surface area contributed by atoms with Crippen molar-refractivity contribution in [2.75, 3.05) is 26.1 Å². The zero-order chi connectivity index (χ0) is 18.5. The Hall–Kier alpha value is -3.35. The number of nitrogens with one attached hydrogen (secondary N) is 1. The van der Waals surface area contributed by atoms with Gasteiger partial charge in [0.2, 0.25) is 5.88 Å². The zero-order valence-corrected chi connectivity index (χ0v) is 14.8. The normalized spacial score (nSPS) is 10.4. The van der Waals surface area contributed by atoms with Gasteiger partial charge in [-0.05, 0) is 31.2 Å². The standard InChI is InChI=1S/C19H19N3O4/c1-4-26-19-17(21-13-7-5-6-8-14(13)22-19)18(23)20-12-9-10-15(24-2)16(11-12)25-3/h5-11H,4H2,1-3H3,(H,20,23). The quantitative estimate of drug-likeness (QED) is 0.732. The third-order valence-electron chi connectivity index (χ3n) is 3.68. The second kappa shape index (κ2) is 7.69. The number of fused-ring (bicyclic) bond motifs is 1. The van der Waals surface area contributed by atoms with Crippen molar-refractivity contribution >= 4 is 22.6 Å². The molecule has 1 aromatic heterocycles. The monoisotopic (exact) mass is 353 g/mol. The van der Waals surface area contributed by atoms with Crippen LogP contribution < -0.4 is 19.5 Å². The highest BCUT2D eigenvalue weighted by Gasteiger charge is 2.18. The van der Waals surface area contributed by atoms with Crippen molar-refractivity contribution in [2.24, 2.45) is 0 Å². The number of methoxy groups -OCH3 is 2. The van der Waals surface area contributed by atoms with E-state index in [4.69, 9.17) is 14.2 Å². The first-order valence-corrected chi connectivity index (χ1v) is 8.09. The predicted molar refractivity (Wildman–Crippen MR) is 98.2 cm³/mol. The molecule has 0 aliphatic rings. The summed E-state index contributed by atoms with van der Waals surface area (Å²) in [6, 6.07) is 12.4. The number of benzene rings is 2. The molecule has 0 spiro atoms. The number of carbonyl (C=O) groups excluding carboxylic acids is 1. The highest BCUT2D eigenvalue weighted by Crippen LogP contribution is 2.30. The molecule has 134 valence electrons. The number of hydrogen-bond acceptors (Lipinski definition) is 6. The van der Waals surface area contributed by atoms with Crippen molar-refractivity contribution in [3.05, 3.63) is 48.2 Å². The van der Waals surface area contributed by atoms with Gasteiger partial charge in [0.15, 0.2) is 17.2 Å². The second-order valence-electron chi connectivity index (χ2n) is 5.32. The Morgan fingerprint density at radius 1 is 1.00 bits per heavy atom. The molecule has 0 saturated heterocycles. The van der Waals surface area contributed by atoms with E-state index in [1.165, 1.54) is 7.11 Å². The lowest BCUT2D eigenvalue weighted by atomic mass is 10.2. The van der Waals surface area contributed by atoms with Crippen LogP contribution in [0, 0.1) is 0 Å². The average Bonchev–Trinajstić information content (AvgIpc) is 2.67. The van der Waals surface area contributed by atoms with Crippen LogP contribution in [0.5, 0.6) is 17.4 Å². The Kier molecular flexibility index (Phi) is 5.17. The number of nitrogens with zero attached hydrogens (tertiary/aromatic N) is 2. The molecule has 0 bridgehead atoms. The van der Waals surface area contributed by atoms with Crippen molar-refractivity contribution in [1.82, 2.24) is 9.97 Å². The molecule has 0 atom stereocenters. The molecule has 1 N–H and O–H groups in total. The van der Waals surface area contributed by atoms with Gasteiger partial charge in [0.25, 0.3) is 5.91 Å². The molecule has 3 aromatic rings. The second-order valence-corrected chi connectivity index (χ2v) is 5.32. The van der Waals surface area contributed by atoms with E-state index in [-0.39, 0.29) is 11.6 Å². The first kappa shape index (κ1) is 17.5. The molecule has 7 nitrogen and oxygen atoms in total. The first-order valence-electron chi connectivity index (χ1n) is 8.09. The fraction of sp³-hybridized carbons (Fsp3) is 0.211. The van der Waals surface area contributed by atoms with Crippen molar-refractivity contribution < 1.29 is 19.0 Å². The summed E-state index contributed by atoms with van der Waals surface area (Å²) in [6.45, 7) is 2.20. The lowest BCUT2D eigenvalue weighted by Crippen LogP contribution is -2.16. The van der Waals surface area contributed by atoms with Crippen molar-refractivity contribution in [2.45, 2.75) is 6.92 Å². The molecule has 7 heteroatoms. The van der Waals surface area contributed by atoms with Gasteiger partial charge in [-0.1, -0.05) is 12.1 Å². The van der Waals surface area contributed by atoms with E-state index in [1.807, 2.05) is 25.1 Å². The Morgan fingerprint density at radius 3 is 2.35 bits per heavy atom. The molecule has 0 aliphatic carbocycles. The summed E-state index contributed by atoms with van der Waals surface area (Å²) >= 11 is 0. The van der Waals surface area contributed by atoms with Crippen LogP contribution in [0.15, 0.2) is 42.5 Å². The minimum atomic E-state index is -0.418. The molecule has 0 aliphatic heterocycles. The molecule has 0 fully saturated rings. The van der Waals surface area contributed by atoms with Crippen LogP contribution in [0.1, 0.15) is 17.4 Å². The average molecular weight is 353 g/mol. The van der Waals surface area contributed by atoms with Gasteiger partial charge in [0.1, 0.15) is 0 Å². The molecular weight excluding hydrogens is 334 g/mol. The lowest BCUT2D eigenvalue weighted by molar-refractivity contribution is 0.101. The van der Waals surface area contributed by atoms with Crippen molar-refractivity contribution in [3.63, 3.8) is 0 Å².